The summed E-state index contributed by atoms with van der Waals surface area (Å²) < 4.78 is 24.2. The highest BCUT2D eigenvalue weighted by Crippen LogP contribution is 2.40. The van der Waals surface area contributed by atoms with Gasteiger partial charge in [-0.1, -0.05) is 29.9 Å². The summed E-state index contributed by atoms with van der Waals surface area (Å²) in [5, 5.41) is -0.410. The van der Waals surface area contributed by atoms with Gasteiger partial charge in [0, 0.05) is 5.92 Å². The van der Waals surface area contributed by atoms with Crippen molar-refractivity contribution in [1.82, 2.24) is 0 Å². The number of hydrogen-bond acceptors (Lipinski definition) is 3. The van der Waals surface area contributed by atoms with Gasteiger partial charge < -0.3 is 5.73 Å². The van der Waals surface area contributed by atoms with E-state index in [2.05, 4.69) is 0 Å². The lowest BCUT2D eigenvalue weighted by Crippen LogP contribution is -2.17. The number of nitrogens with two attached hydrogens (primary N) is 1. The van der Waals surface area contributed by atoms with Gasteiger partial charge >= 0.3 is 0 Å². The second-order valence-electron chi connectivity index (χ2n) is 4.14. The topological polar surface area (TPSA) is 60.2 Å². The maximum atomic E-state index is 12.1. The quantitative estimate of drug-likeness (QED) is 0.830. The zero-order valence-corrected chi connectivity index (χ0v) is 10.5. The van der Waals surface area contributed by atoms with Crippen molar-refractivity contribution >= 4 is 27.0 Å². The number of benzene rings is 1. The van der Waals surface area contributed by atoms with Gasteiger partial charge in [-0.2, -0.15) is 0 Å². The SMILES string of the molecule is Cc1ccc(S(=O)(=O)C2CC2C(N)=S)cc1. The van der Waals surface area contributed by atoms with Crippen LogP contribution in [0.5, 0.6) is 0 Å². The molecular weight excluding hydrogens is 242 g/mol. The number of aryl methyl sites for hydroxylation is 1. The van der Waals surface area contributed by atoms with Crippen LogP contribution < -0.4 is 5.73 Å². The Bertz CT molecular complexity index is 519. The third-order valence-corrected chi connectivity index (χ3v) is 5.40. The van der Waals surface area contributed by atoms with Gasteiger partial charge in [-0.3, -0.25) is 0 Å². The molecular formula is C11H13NO2S2. The summed E-state index contributed by atoms with van der Waals surface area (Å²) in [5.41, 5.74) is 6.50. The zero-order valence-electron chi connectivity index (χ0n) is 8.88. The van der Waals surface area contributed by atoms with Crippen LogP contribution >= 0.6 is 12.2 Å². The average molecular weight is 255 g/mol. The molecule has 0 saturated heterocycles. The lowest BCUT2D eigenvalue weighted by atomic mass is 10.2. The Labute approximate surface area is 101 Å². The third-order valence-electron chi connectivity index (χ3n) is 2.85. The number of rotatable bonds is 3. The smallest absolute Gasteiger partial charge is 0.181 e. The first-order chi connectivity index (χ1) is 7.43. The molecule has 5 heteroatoms. The highest BCUT2D eigenvalue weighted by atomic mass is 32.2. The lowest BCUT2D eigenvalue weighted by molar-refractivity contribution is 0.594. The molecule has 0 radical (unpaired) electrons. The van der Waals surface area contributed by atoms with E-state index < -0.39 is 15.1 Å². The summed E-state index contributed by atoms with van der Waals surface area (Å²) in [6.45, 7) is 1.92. The van der Waals surface area contributed by atoms with Crippen LogP contribution in [-0.4, -0.2) is 18.7 Å². The third kappa shape index (κ3) is 1.97. The van der Waals surface area contributed by atoms with E-state index in [1.807, 2.05) is 6.92 Å². The van der Waals surface area contributed by atoms with Crippen molar-refractivity contribution in [3.05, 3.63) is 29.8 Å². The molecule has 2 N–H and O–H groups in total. The summed E-state index contributed by atoms with van der Waals surface area (Å²) in [5.74, 6) is -0.138. The predicted octanol–water partition coefficient (Wildman–Crippen LogP) is 1.44. The first-order valence-corrected chi connectivity index (χ1v) is 6.98. The molecule has 3 nitrogen and oxygen atoms in total. The van der Waals surface area contributed by atoms with Gasteiger partial charge in [0.2, 0.25) is 0 Å². The maximum Gasteiger partial charge on any atom is 0.181 e. The second kappa shape index (κ2) is 3.82. The fourth-order valence-electron chi connectivity index (χ4n) is 1.72. The van der Waals surface area contributed by atoms with Crippen LogP contribution in [0.3, 0.4) is 0 Å². The molecule has 1 saturated carbocycles. The molecule has 2 rings (SSSR count). The van der Waals surface area contributed by atoms with Gasteiger partial charge in [0.05, 0.1) is 15.1 Å². The summed E-state index contributed by atoms with van der Waals surface area (Å²) in [6, 6.07) is 6.87. The van der Waals surface area contributed by atoms with E-state index in [1.54, 1.807) is 24.3 Å². The largest absolute Gasteiger partial charge is 0.393 e. The Morgan fingerprint density at radius 2 is 1.94 bits per heavy atom. The van der Waals surface area contributed by atoms with E-state index in [0.29, 0.717) is 16.3 Å². The predicted molar refractivity (Wildman–Crippen MR) is 67.0 cm³/mol. The minimum atomic E-state index is -3.24. The molecule has 0 aromatic heterocycles. The fourth-order valence-corrected chi connectivity index (χ4v) is 3.97. The fraction of sp³-hybridized carbons (Fsp3) is 0.364. The van der Waals surface area contributed by atoms with Crippen molar-refractivity contribution in [1.29, 1.82) is 0 Å². The van der Waals surface area contributed by atoms with E-state index in [4.69, 9.17) is 18.0 Å². The molecule has 1 fully saturated rings. The Hall–Kier alpha value is -0.940. The van der Waals surface area contributed by atoms with Gasteiger partial charge in [0.25, 0.3) is 0 Å². The van der Waals surface area contributed by atoms with Crippen LogP contribution in [0.1, 0.15) is 12.0 Å². The van der Waals surface area contributed by atoms with E-state index in [0.717, 1.165) is 5.56 Å². The maximum absolute atomic E-state index is 12.1. The molecule has 1 aliphatic carbocycles. The molecule has 1 aromatic rings. The van der Waals surface area contributed by atoms with Gasteiger partial charge in [0.1, 0.15) is 0 Å². The molecule has 0 amide bonds. The molecule has 1 aliphatic rings. The van der Waals surface area contributed by atoms with E-state index in [9.17, 15) is 8.42 Å². The van der Waals surface area contributed by atoms with E-state index in [-0.39, 0.29) is 5.92 Å². The average Bonchev–Trinajstić information content (AvgIpc) is 2.98. The van der Waals surface area contributed by atoms with Gasteiger partial charge in [-0.05, 0) is 25.5 Å². The molecule has 0 aliphatic heterocycles. The number of thiocarbonyl (C=S) groups is 1. The van der Waals surface area contributed by atoms with E-state index in [1.165, 1.54) is 0 Å². The van der Waals surface area contributed by atoms with Gasteiger partial charge in [0.15, 0.2) is 9.84 Å². The van der Waals surface area contributed by atoms with Crippen molar-refractivity contribution < 1.29 is 8.42 Å². The highest BCUT2D eigenvalue weighted by Gasteiger charge is 2.49. The standard InChI is InChI=1S/C11H13NO2S2/c1-7-2-4-8(5-3-7)16(13,14)10-6-9(10)11(12)15/h2-5,9-10H,6H2,1H3,(H2,12,15). The summed E-state index contributed by atoms with van der Waals surface area (Å²) in [6.07, 6.45) is 0.561. The summed E-state index contributed by atoms with van der Waals surface area (Å²) >= 11 is 4.81. The number of sulfone groups is 1. The minimum Gasteiger partial charge on any atom is -0.393 e. The van der Waals surface area contributed by atoms with Crippen molar-refractivity contribution in [3.63, 3.8) is 0 Å². The molecule has 0 bridgehead atoms. The van der Waals surface area contributed by atoms with Crippen LogP contribution in [0.2, 0.25) is 0 Å². The minimum absolute atomic E-state index is 0.138. The molecule has 1 aromatic carbocycles. The molecule has 86 valence electrons. The molecule has 2 unspecified atom stereocenters. The van der Waals surface area contributed by atoms with Crippen LogP contribution in [-0.2, 0) is 9.84 Å². The number of hydrogen-bond donors (Lipinski definition) is 1. The first kappa shape index (κ1) is 11.5. The second-order valence-corrected chi connectivity index (χ2v) is 6.78. The zero-order chi connectivity index (χ0) is 11.9. The van der Waals surface area contributed by atoms with Crippen LogP contribution in [0.4, 0.5) is 0 Å². The van der Waals surface area contributed by atoms with Crippen LogP contribution in [0.15, 0.2) is 29.2 Å². The Balaban J connectivity index is 2.28. The lowest BCUT2D eigenvalue weighted by Gasteiger charge is -2.03. The Morgan fingerprint density at radius 3 is 2.38 bits per heavy atom. The van der Waals surface area contributed by atoms with Crippen LogP contribution in [0, 0.1) is 12.8 Å². The Kier molecular flexibility index (Phi) is 2.75. The first-order valence-electron chi connectivity index (χ1n) is 5.03. The molecule has 0 spiro atoms. The Morgan fingerprint density at radius 1 is 1.38 bits per heavy atom. The highest BCUT2D eigenvalue weighted by molar-refractivity contribution is 7.92. The summed E-state index contributed by atoms with van der Waals surface area (Å²) in [7, 11) is -3.24. The van der Waals surface area contributed by atoms with Crippen molar-refractivity contribution in [2.45, 2.75) is 23.5 Å². The summed E-state index contributed by atoms with van der Waals surface area (Å²) in [4.78, 5) is 0.669. The molecule has 2 atom stereocenters. The normalized spacial score (nSPS) is 24.1. The molecule has 16 heavy (non-hydrogen) atoms. The van der Waals surface area contributed by atoms with Crippen LogP contribution in [0.25, 0.3) is 0 Å². The van der Waals surface area contributed by atoms with Crippen molar-refractivity contribution in [3.8, 4) is 0 Å². The van der Waals surface area contributed by atoms with Gasteiger partial charge in [-0.15, -0.1) is 0 Å². The van der Waals surface area contributed by atoms with Gasteiger partial charge in [-0.25, -0.2) is 8.42 Å². The molecule has 0 heterocycles. The monoisotopic (exact) mass is 255 g/mol. The van der Waals surface area contributed by atoms with Crippen molar-refractivity contribution in [2.75, 3.05) is 0 Å². The van der Waals surface area contributed by atoms with E-state index >= 15 is 0 Å². The van der Waals surface area contributed by atoms with Crippen molar-refractivity contribution in [2.24, 2.45) is 11.7 Å².